The fourth-order valence-corrected chi connectivity index (χ4v) is 1.35. The molecule has 0 atom stereocenters. The second-order valence-corrected chi connectivity index (χ2v) is 4.21. The minimum atomic E-state index is 0.695. The molecule has 0 fully saturated rings. The Labute approximate surface area is 92.2 Å². The van der Waals surface area contributed by atoms with Crippen molar-refractivity contribution in [2.24, 2.45) is 5.92 Å². The minimum Gasteiger partial charge on any atom is -0.312 e. The lowest BCUT2D eigenvalue weighted by Crippen LogP contribution is -2.18. The van der Waals surface area contributed by atoms with Gasteiger partial charge < -0.3 is 5.32 Å². The molecule has 0 aliphatic carbocycles. The normalized spacial score (nSPS) is 10.9. The van der Waals surface area contributed by atoms with Crippen LogP contribution in [0.1, 0.15) is 25.8 Å². The third-order valence-corrected chi connectivity index (χ3v) is 2.13. The highest BCUT2D eigenvalue weighted by molar-refractivity contribution is 5.03. The fraction of sp³-hybridized carbons (Fsp3) is 0.583. The molecule has 0 saturated carbocycles. The quantitative estimate of drug-likeness (QED) is 0.695. The lowest BCUT2D eigenvalue weighted by Gasteiger charge is -2.05. The molecule has 1 aromatic heterocycles. The molecule has 0 bridgehead atoms. The van der Waals surface area contributed by atoms with Crippen LogP contribution in [0.3, 0.4) is 0 Å². The third kappa shape index (κ3) is 4.79. The number of rotatable bonds is 7. The molecule has 0 radical (unpaired) electrons. The topological polar surface area (TPSA) is 29.9 Å². The van der Waals surface area contributed by atoms with Crippen molar-refractivity contribution in [1.82, 2.24) is 15.1 Å². The Morgan fingerprint density at radius 1 is 1.60 bits per heavy atom. The van der Waals surface area contributed by atoms with Gasteiger partial charge >= 0.3 is 0 Å². The van der Waals surface area contributed by atoms with Crippen molar-refractivity contribution in [3.8, 4) is 0 Å². The highest BCUT2D eigenvalue weighted by atomic mass is 15.3. The molecule has 0 aromatic carbocycles. The molecule has 84 valence electrons. The van der Waals surface area contributed by atoms with Crippen LogP contribution in [0.5, 0.6) is 0 Å². The predicted molar refractivity (Wildman–Crippen MR) is 63.6 cm³/mol. The van der Waals surface area contributed by atoms with E-state index in [2.05, 4.69) is 37.0 Å². The van der Waals surface area contributed by atoms with Crippen molar-refractivity contribution in [2.75, 3.05) is 6.54 Å². The zero-order chi connectivity index (χ0) is 11.1. The van der Waals surface area contributed by atoms with Crippen LogP contribution >= 0.6 is 0 Å². The van der Waals surface area contributed by atoms with Crippen molar-refractivity contribution >= 4 is 0 Å². The van der Waals surface area contributed by atoms with E-state index < -0.39 is 0 Å². The van der Waals surface area contributed by atoms with Gasteiger partial charge in [-0.1, -0.05) is 19.9 Å². The molecule has 0 saturated heterocycles. The molecular formula is C12H21N3. The van der Waals surface area contributed by atoms with E-state index in [9.17, 15) is 0 Å². The van der Waals surface area contributed by atoms with E-state index in [-0.39, 0.29) is 0 Å². The monoisotopic (exact) mass is 207 g/mol. The summed E-state index contributed by atoms with van der Waals surface area (Å²) in [6.07, 6.45) is 6.91. The van der Waals surface area contributed by atoms with E-state index in [1.807, 2.05) is 17.0 Å². The van der Waals surface area contributed by atoms with Gasteiger partial charge in [-0.05, 0) is 18.9 Å². The van der Waals surface area contributed by atoms with Crippen LogP contribution in [0.15, 0.2) is 25.0 Å². The number of allylic oxidation sites excluding steroid dienone is 1. The van der Waals surface area contributed by atoms with Gasteiger partial charge in [-0.2, -0.15) is 5.10 Å². The zero-order valence-corrected chi connectivity index (χ0v) is 9.74. The van der Waals surface area contributed by atoms with Gasteiger partial charge in [0.05, 0.1) is 6.20 Å². The summed E-state index contributed by atoms with van der Waals surface area (Å²) in [5.74, 6) is 0.695. The van der Waals surface area contributed by atoms with Crippen LogP contribution in [-0.4, -0.2) is 16.3 Å². The number of aromatic nitrogens is 2. The molecular weight excluding hydrogens is 186 g/mol. The average Bonchev–Trinajstić information content (AvgIpc) is 2.62. The van der Waals surface area contributed by atoms with Gasteiger partial charge in [0.25, 0.3) is 0 Å². The summed E-state index contributed by atoms with van der Waals surface area (Å²) in [5, 5.41) is 7.68. The molecule has 0 aliphatic rings. The van der Waals surface area contributed by atoms with E-state index in [1.54, 1.807) is 0 Å². The highest BCUT2D eigenvalue weighted by Gasteiger charge is 1.98. The first-order valence-electron chi connectivity index (χ1n) is 5.55. The van der Waals surface area contributed by atoms with E-state index in [0.29, 0.717) is 5.92 Å². The average molecular weight is 207 g/mol. The zero-order valence-electron chi connectivity index (χ0n) is 9.74. The number of aryl methyl sites for hydroxylation is 1. The molecule has 15 heavy (non-hydrogen) atoms. The Bertz CT molecular complexity index is 289. The number of hydrogen-bond donors (Lipinski definition) is 1. The van der Waals surface area contributed by atoms with Crippen molar-refractivity contribution in [3.05, 3.63) is 30.6 Å². The first kappa shape index (κ1) is 12.0. The SMILES string of the molecule is C=CCCn1cc(CNCC(C)C)cn1. The first-order chi connectivity index (χ1) is 7.22. The van der Waals surface area contributed by atoms with Crippen molar-refractivity contribution in [3.63, 3.8) is 0 Å². The molecule has 1 heterocycles. The molecule has 1 rings (SSSR count). The van der Waals surface area contributed by atoms with Crippen LogP contribution in [0.25, 0.3) is 0 Å². The maximum absolute atomic E-state index is 4.28. The minimum absolute atomic E-state index is 0.695. The van der Waals surface area contributed by atoms with E-state index in [4.69, 9.17) is 0 Å². The summed E-state index contributed by atoms with van der Waals surface area (Å²) in [7, 11) is 0. The molecule has 0 amide bonds. The molecule has 0 spiro atoms. The van der Waals surface area contributed by atoms with Crippen molar-refractivity contribution < 1.29 is 0 Å². The second kappa shape index (κ2) is 6.40. The lowest BCUT2D eigenvalue weighted by atomic mass is 10.2. The van der Waals surface area contributed by atoms with E-state index >= 15 is 0 Å². The predicted octanol–water partition coefficient (Wildman–Crippen LogP) is 2.20. The largest absolute Gasteiger partial charge is 0.312 e. The molecule has 3 nitrogen and oxygen atoms in total. The summed E-state index contributed by atoms with van der Waals surface area (Å²) >= 11 is 0. The van der Waals surface area contributed by atoms with Crippen LogP contribution in [0, 0.1) is 5.92 Å². The summed E-state index contributed by atoms with van der Waals surface area (Å²) in [4.78, 5) is 0. The van der Waals surface area contributed by atoms with Crippen LogP contribution < -0.4 is 5.32 Å². The van der Waals surface area contributed by atoms with E-state index in [1.165, 1.54) is 5.56 Å². The van der Waals surface area contributed by atoms with Crippen LogP contribution in [0.2, 0.25) is 0 Å². The van der Waals surface area contributed by atoms with Gasteiger partial charge in [0.1, 0.15) is 0 Å². The number of nitrogens with one attached hydrogen (secondary N) is 1. The van der Waals surface area contributed by atoms with Gasteiger partial charge in [-0.15, -0.1) is 6.58 Å². The molecule has 1 N–H and O–H groups in total. The third-order valence-electron chi connectivity index (χ3n) is 2.13. The van der Waals surface area contributed by atoms with Gasteiger partial charge in [0.15, 0.2) is 0 Å². The first-order valence-corrected chi connectivity index (χ1v) is 5.55. The van der Waals surface area contributed by atoms with Crippen LogP contribution in [0.4, 0.5) is 0 Å². The number of hydrogen-bond acceptors (Lipinski definition) is 2. The summed E-state index contributed by atoms with van der Waals surface area (Å²) in [5.41, 5.74) is 1.25. The summed E-state index contributed by atoms with van der Waals surface area (Å²) in [6, 6.07) is 0. The summed E-state index contributed by atoms with van der Waals surface area (Å²) in [6.45, 7) is 11.0. The lowest BCUT2D eigenvalue weighted by molar-refractivity contribution is 0.551. The summed E-state index contributed by atoms with van der Waals surface area (Å²) < 4.78 is 1.97. The Kier molecular flexibility index (Phi) is 5.12. The molecule has 0 aliphatic heterocycles. The molecule has 0 unspecified atom stereocenters. The highest BCUT2D eigenvalue weighted by Crippen LogP contribution is 1.99. The number of nitrogens with zero attached hydrogens (tertiary/aromatic N) is 2. The fourth-order valence-electron chi connectivity index (χ4n) is 1.35. The Hall–Kier alpha value is -1.09. The van der Waals surface area contributed by atoms with Gasteiger partial charge in [0.2, 0.25) is 0 Å². The van der Waals surface area contributed by atoms with Gasteiger partial charge in [-0.25, -0.2) is 0 Å². The maximum Gasteiger partial charge on any atom is 0.0534 e. The van der Waals surface area contributed by atoms with Crippen LogP contribution in [-0.2, 0) is 13.1 Å². The Morgan fingerprint density at radius 2 is 2.40 bits per heavy atom. The smallest absolute Gasteiger partial charge is 0.0534 e. The maximum atomic E-state index is 4.28. The van der Waals surface area contributed by atoms with Crippen molar-refractivity contribution in [2.45, 2.75) is 33.4 Å². The Morgan fingerprint density at radius 3 is 3.07 bits per heavy atom. The van der Waals surface area contributed by atoms with Gasteiger partial charge in [-0.3, -0.25) is 4.68 Å². The van der Waals surface area contributed by atoms with E-state index in [0.717, 1.165) is 26.1 Å². The second-order valence-electron chi connectivity index (χ2n) is 4.21. The molecule has 3 heteroatoms. The standard InChI is InChI=1S/C12H21N3/c1-4-5-6-15-10-12(9-14-15)8-13-7-11(2)3/h4,9-11,13H,1,5-8H2,2-3H3. The molecule has 1 aromatic rings. The Balaban J connectivity index is 2.29. The van der Waals surface area contributed by atoms with Crippen molar-refractivity contribution in [1.29, 1.82) is 0 Å². The van der Waals surface area contributed by atoms with Gasteiger partial charge in [0, 0.05) is 24.8 Å².